The maximum Gasteiger partial charge on any atom is 0.226 e. The molecule has 0 bridgehead atoms. The average molecular weight is 309 g/mol. The molecule has 1 aromatic rings. The quantitative estimate of drug-likeness (QED) is 0.909. The lowest BCUT2D eigenvalue weighted by atomic mass is 10.1. The van der Waals surface area contributed by atoms with Gasteiger partial charge in [-0.15, -0.1) is 0 Å². The van der Waals surface area contributed by atoms with Gasteiger partial charge in [-0.05, 0) is 36.5 Å². The summed E-state index contributed by atoms with van der Waals surface area (Å²) < 4.78 is 1.08. The van der Waals surface area contributed by atoms with Crippen LogP contribution < -0.4 is 5.73 Å². The molecule has 3 atom stereocenters. The van der Waals surface area contributed by atoms with E-state index in [0.29, 0.717) is 11.8 Å². The molecular weight excluding hydrogens is 292 g/mol. The van der Waals surface area contributed by atoms with Crippen molar-refractivity contribution in [2.45, 2.75) is 24.8 Å². The number of amides is 1. The number of hydrogen-bond donors (Lipinski definition) is 1. The first-order chi connectivity index (χ1) is 8.65. The number of nitrogens with two attached hydrogens (primary N) is 1. The van der Waals surface area contributed by atoms with Gasteiger partial charge in [0, 0.05) is 29.5 Å². The highest BCUT2D eigenvalue weighted by Gasteiger charge is 2.46. The van der Waals surface area contributed by atoms with Crippen LogP contribution >= 0.6 is 15.9 Å². The molecule has 18 heavy (non-hydrogen) atoms. The molecule has 1 saturated heterocycles. The molecule has 2 fully saturated rings. The van der Waals surface area contributed by atoms with Gasteiger partial charge < -0.3 is 10.6 Å². The summed E-state index contributed by atoms with van der Waals surface area (Å²) in [7, 11) is 0. The zero-order valence-corrected chi connectivity index (χ0v) is 11.8. The van der Waals surface area contributed by atoms with Crippen molar-refractivity contribution in [3.63, 3.8) is 0 Å². The third kappa shape index (κ3) is 2.31. The number of hydrogen-bond acceptors (Lipinski definition) is 2. The molecule has 1 aliphatic heterocycles. The van der Waals surface area contributed by atoms with E-state index >= 15 is 0 Å². The molecule has 4 heteroatoms. The third-order valence-electron chi connectivity index (χ3n) is 3.94. The van der Waals surface area contributed by atoms with Crippen LogP contribution in [0.25, 0.3) is 0 Å². The molecule has 0 radical (unpaired) electrons. The molecular formula is C14H17BrN2O. The fourth-order valence-electron chi connectivity index (χ4n) is 2.77. The van der Waals surface area contributed by atoms with Gasteiger partial charge in [-0.25, -0.2) is 0 Å². The highest BCUT2D eigenvalue weighted by Crippen LogP contribution is 2.48. The number of rotatable bonds is 2. The van der Waals surface area contributed by atoms with E-state index in [1.807, 2.05) is 17.0 Å². The Kier molecular flexibility index (Phi) is 3.16. The fraction of sp³-hybridized carbons (Fsp3) is 0.500. The molecule has 3 rings (SSSR count). The van der Waals surface area contributed by atoms with Crippen LogP contribution in [0, 0.1) is 5.92 Å². The summed E-state index contributed by atoms with van der Waals surface area (Å²) in [5, 5.41) is 0. The molecule has 2 N–H and O–H groups in total. The van der Waals surface area contributed by atoms with Gasteiger partial charge in [0.25, 0.3) is 0 Å². The zero-order chi connectivity index (χ0) is 12.7. The van der Waals surface area contributed by atoms with Gasteiger partial charge in [0.1, 0.15) is 0 Å². The summed E-state index contributed by atoms with van der Waals surface area (Å²) >= 11 is 3.43. The molecule has 2 aliphatic rings. The Morgan fingerprint density at radius 2 is 2.06 bits per heavy atom. The standard InChI is InChI=1S/C14H17BrN2O/c15-10-3-1-9(2-4-10)12-7-13(12)14(18)17-6-5-11(16)8-17/h1-4,11-13H,5-8,16H2/t11-,12+,13-/m1/s1. The van der Waals surface area contributed by atoms with E-state index in [-0.39, 0.29) is 12.0 Å². The van der Waals surface area contributed by atoms with Crippen molar-refractivity contribution in [2.75, 3.05) is 13.1 Å². The Bertz CT molecular complexity index is 459. The number of nitrogens with zero attached hydrogens (tertiary/aromatic N) is 1. The van der Waals surface area contributed by atoms with Crippen LogP contribution in [0.5, 0.6) is 0 Å². The highest BCUT2D eigenvalue weighted by molar-refractivity contribution is 9.10. The summed E-state index contributed by atoms with van der Waals surface area (Å²) in [5.74, 6) is 0.912. The van der Waals surface area contributed by atoms with Crippen LogP contribution in [0.4, 0.5) is 0 Å². The maximum absolute atomic E-state index is 12.3. The van der Waals surface area contributed by atoms with Gasteiger partial charge >= 0.3 is 0 Å². The highest BCUT2D eigenvalue weighted by atomic mass is 79.9. The Morgan fingerprint density at radius 1 is 1.33 bits per heavy atom. The number of carbonyl (C=O) groups is 1. The van der Waals surface area contributed by atoms with Crippen LogP contribution in [0.1, 0.15) is 24.3 Å². The normalized spacial score (nSPS) is 30.6. The van der Waals surface area contributed by atoms with Crippen molar-refractivity contribution in [3.8, 4) is 0 Å². The Morgan fingerprint density at radius 3 is 2.67 bits per heavy atom. The minimum absolute atomic E-state index is 0.179. The number of benzene rings is 1. The van der Waals surface area contributed by atoms with E-state index in [1.165, 1.54) is 5.56 Å². The number of carbonyl (C=O) groups excluding carboxylic acids is 1. The van der Waals surface area contributed by atoms with E-state index in [9.17, 15) is 4.79 Å². The molecule has 0 unspecified atom stereocenters. The molecule has 1 aliphatic carbocycles. The molecule has 1 aromatic carbocycles. The predicted molar refractivity (Wildman–Crippen MR) is 74.2 cm³/mol. The van der Waals surface area contributed by atoms with Gasteiger partial charge in [0.15, 0.2) is 0 Å². The minimum Gasteiger partial charge on any atom is -0.341 e. The molecule has 96 valence electrons. The lowest BCUT2D eigenvalue weighted by Crippen LogP contribution is -2.33. The van der Waals surface area contributed by atoms with E-state index in [1.54, 1.807) is 0 Å². The van der Waals surface area contributed by atoms with Crippen LogP contribution in [0.2, 0.25) is 0 Å². The van der Waals surface area contributed by atoms with Crippen LogP contribution in [0.15, 0.2) is 28.7 Å². The molecule has 0 aromatic heterocycles. The second-order valence-electron chi connectivity index (χ2n) is 5.33. The zero-order valence-electron chi connectivity index (χ0n) is 10.2. The Balaban J connectivity index is 1.63. The molecule has 1 amide bonds. The fourth-order valence-corrected chi connectivity index (χ4v) is 3.03. The molecule has 3 nitrogen and oxygen atoms in total. The molecule has 1 heterocycles. The minimum atomic E-state index is 0.179. The number of likely N-dealkylation sites (tertiary alicyclic amines) is 1. The maximum atomic E-state index is 12.3. The van der Waals surface area contributed by atoms with Crippen LogP contribution in [-0.2, 0) is 4.79 Å². The van der Waals surface area contributed by atoms with Crippen molar-refractivity contribution in [2.24, 2.45) is 11.7 Å². The van der Waals surface area contributed by atoms with E-state index < -0.39 is 0 Å². The van der Waals surface area contributed by atoms with E-state index in [2.05, 4.69) is 28.1 Å². The Labute approximate surface area is 115 Å². The molecule has 1 saturated carbocycles. The van der Waals surface area contributed by atoms with E-state index in [4.69, 9.17) is 5.73 Å². The summed E-state index contributed by atoms with van der Waals surface area (Å²) in [4.78, 5) is 14.2. The smallest absolute Gasteiger partial charge is 0.226 e. The lowest BCUT2D eigenvalue weighted by molar-refractivity contribution is -0.131. The van der Waals surface area contributed by atoms with Gasteiger partial charge in [-0.1, -0.05) is 28.1 Å². The van der Waals surface area contributed by atoms with Crippen molar-refractivity contribution >= 4 is 21.8 Å². The van der Waals surface area contributed by atoms with E-state index in [0.717, 1.165) is 30.4 Å². The van der Waals surface area contributed by atoms with Gasteiger partial charge in [-0.2, -0.15) is 0 Å². The topological polar surface area (TPSA) is 46.3 Å². The van der Waals surface area contributed by atoms with Gasteiger partial charge in [0.2, 0.25) is 5.91 Å². The number of halogens is 1. The first-order valence-electron chi connectivity index (χ1n) is 6.45. The third-order valence-corrected chi connectivity index (χ3v) is 4.47. The summed E-state index contributed by atoms with van der Waals surface area (Å²) in [5.41, 5.74) is 7.12. The summed E-state index contributed by atoms with van der Waals surface area (Å²) in [6, 6.07) is 8.48. The van der Waals surface area contributed by atoms with Crippen molar-refractivity contribution < 1.29 is 4.79 Å². The largest absolute Gasteiger partial charge is 0.341 e. The summed E-state index contributed by atoms with van der Waals surface area (Å²) in [6.07, 6.45) is 1.94. The van der Waals surface area contributed by atoms with Crippen LogP contribution in [-0.4, -0.2) is 29.9 Å². The van der Waals surface area contributed by atoms with Crippen LogP contribution in [0.3, 0.4) is 0 Å². The molecule has 0 spiro atoms. The average Bonchev–Trinajstić information content (AvgIpc) is 3.04. The van der Waals surface area contributed by atoms with Crippen molar-refractivity contribution in [1.82, 2.24) is 4.90 Å². The van der Waals surface area contributed by atoms with Crippen molar-refractivity contribution in [3.05, 3.63) is 34.3 Å². The van der Waals surface area contributed by atoms with Crippen molar-refractivity contribution in [1.29, 1.82) is 0 Å². The summed E-state index contributed by atoms with van der Waals surface area (Å²) in [6.45, 7) is 1.58. The predicted octanol–water partition coefficient (Wildman–Crippen LogP) is 2.11. The SMILES string of the molecule is N[C@@H]1CCN(C(=O)[C@@H]2C[C@H]2c2ccc(Br)cc2)C1. The first kappa shape index (κ1) is 12.2. The second kappa shape index (κ2) is 4.67. The second-order valence-corrected chi connectivity index (χ2v) is 6.25. The lowest BCUT2D eigenvalue weighted by Gasteiger charge is -2.15. The van der Waals surface area contributed by atoms with Gasteiger partial charge in [0.05, 0.1) is 0 Å². The monoisotopic (exact) mass is 308 g/mol. The van der Waals surface area contributed by atoms with Gasteiger partial charge in [-0.3, -0.25) is 4.79 Å². The first-order valence-corrected chi connectivity index (χ1v) is 7.24. The Hall–Kier alpha value is -0.870.